The Bertz CT molecular complexity index is 626. The number of nitrogens with zero attached hydrogens (tertiary/aromatic N) is 2. The molecule has 0 unspecified atom stereocenters. The molecular formula is C14H16BrClN2O2. The molecule has 20 heavy (non-hydrogen) atoms. The van der Waals surface area contributed by atoms with E-state index in [1.54, 1.807) is 18.7 Å². The van der Waals surface area contributed by atoms with Crippen molar-refractivity contribution in [3.63, 3.8) is 0 Å². The second kappa shape index (κ2) is 6.16. The van der Waals surface area contributed by atoms with Gasteiger partial charge >= 0.3 is 0 Å². The fourth-order valence-corrected chi connectivity index (χ4v) is 2.57. The Balaban J connectivity index is 2.23. The predicted molar refractivity (Wildman–Crippen MR) is 82.1 cm³/mol. The number of halogens is 2. The van der Waals surface area contributed by atoms with E-state index in [1.165, 1.54) is 0 Å². The van der Waals surface area contributed by atoms with Gasteiger partial charge in [-0.3, -0.25) is 4.68 Å². The highest BCUT2D eigenvalue weighted by Crippen LogP contribution is 2.30. The maximum Gasteiger partial charge on any atom is 0.133 e. The Morgan fingerprint density at radius 3 is 2.75 bits per heavy atom. The highest BCUT2D eigenvalue weighted by molar-refractivity contribution is 9.10. The van der Waals surface area contributed by atoms with Gasteiger partial charge in [-0.05, 0) is 32.0 Å². The summed E-state index contributed by atoms with van der Waals surface area (Å²) in [6.45, 7) is 3.92. The molecule has 4 nitrogen and oxygen atoms in total. The number of aliphatic hydroxyl groups excluding tert-OH is 1. The van der Waals surface area contributed by atoms with Gasteiger partial charge in [0, 0.05) is 22.6 Å². The molecule has 0 amide bonds. The lowest BCUT2D eigenvalue weighted by molar-refractivity contribution is 0.190. The third-order valence-electron chi connectivity index (χ3n) is 3.06. The maximum atomic E-state index is 9.80. The van der Waals surface area contributed by atoms with Crippen molar-refractivity contribution in [2.24, 2.45) is 7.05 Å². The largest absolute Gasteiger partial charge is 0.488 e. The van der Waals surface area contributed by atoms with Crippen LogP contribution in [0.4, 0.5) is 0 Å². The van der Waals surface area contributed by atoms with Crippen LogP contribution in [0.3, 0.4) is 0 Å². The first-order chi connectivity index (χ1) is 9.40. The monoisotopic (exact) mass is 358 g/mol. The van der Waals surface area contributed by atoms with Crippen LogP contribution in [0, 0.1) is 6.92 Å². The third kappa shape index (κ3) is 3.16. The molecule has 0 bridgehead atoms. The first kappa shape index (κ1) is 15.4. The van der Waals surface area contributed by atoms with Gasteiger partial charge in [0.1, 0.15) is 17.5 Å². The second-order valence-corrected chi connectivity index (χ2v) is 5.90. The van der Waals surface area contributed by atoms with Crippen LogP contribution in [0.15, 0.2) is 22.7 Å². The molecule has 0 aliphatic heterocycles. The molecule has 1 aromatic heterocycles. The van der Waals surface area contributed by atoms with Crippen molar-refractivity contribution < 1.29 is 9.84 Å². The summed E-state index contributed by atoms with van der Waals surface area (Å²) in [4.78, 5) is 0. The number of benzene rings is 1. The molecular weight excluding hydrogens is 344 g/mol. The summed E-state index contributed by atoms with van der Waals surface area (Å²) in [6, 6.07) is 5.54. The number of ether oxygens (including phenoxy) is 1. The number of aromatic nitrogens is 2. The first-order valence-corrected chi connectivity index (χ1v) is 7.35. The molecule has 0 fully saturated rings. The van der Waals surface area contributed by atoms with Gasteiger partial charge < -0.3 is 9.84 Å². The molecule has 1 N–H and O–H groups in total. The topological polar surface area (TPSA) is 47.3 Å². The minimum atomic E-state index is -0.604. The first-order valence-electron chi connectivity index (χ1n) is 6.18. The van der Waals surface area contributed by atoms with E-state index in [4.69, 9.17) is 16.3 Å². The van der Waals surface area contributed by atoms with Crippen LogP contribution in [-0.2, 0) is 13.7 Å². The third-order valence-corrected chi connectivity index (χ3v) is 4.03. The molecule has 0 saturated heterocycles. The standard InChI is InChI=1S/C14H16BrClN2O2/c1-8-12(14(16)18(3)17-8)7-20-13-5-4-10(15)6-11(13)9(2)19/h4-6,9,19H,7H2,1-3H3/t9-/m1/s1. The normalized spacial score (nSPS) is 12.5. The summed E-state index contributed by atoms with van der Waals surface area (Å²) in [5, 5.41) is 14.6. The van der Waals surface area contributed by atoms with E-state index < -0.39 is 6.10 Å². The molecule has 2 aromatic rings. The molecule has 1 aromatic carbocycles. The number of aryl methyl sites for hydroxylation is 2. The van der Waals surface area contributed by atoms with E-state index in [0.29, 0.717) is 17.5 Å². The summed E-state index contributed by atoms with van der Waals surface area (Å²) in [7, 11) is 1.79. The van der Waals surface area contributed by atoms with Crippen molar-refractivity contribution in [2.75, 3.05) is 0 Å². The Morgan fingerprint density at radius 2 is 2.20 bits per heavy atom. The average Bonchev–Trinajstić information content (AvgIpc) is 2.62. The molecule has 6 heteroatoms. The highest BCUT2D eigenvalue weighted by Gasteiger charge is 2.14. The smallest absolute Gasteiger partial charge is 0.133 e. The lowest BCUT2D eigenvalue weighted by Crippen LogP contribution is -2.02. The summed E-state index contributed by atoms with van der Waals surface area (Å²) < 4.78 is 8.31. The van der Waals surface area contributed by atoms with E-state index in [-0.39, 0.29) is 0 Å². The fourth-order valence-electron chi connectivity index (χ4n) is 1.97. The zero-order chi connectivity index (χ0) is 14.9. The summed E-state index contributed by atoms with van der Waals surface area (Å²) >= 11 is 9.56. The molecule has 0 radical (unpaired) electrons. The lowest BCUT2D eigenvalue weighted by Gasteiger charge is -2.14. The van der Waals surface area contributed by atoms with E-state index >= 15 is 0 Å². The van der Waals surface area contributed by atoms with Crippen molar-refractivity contribution in [1.82, 2.24) is 9.78 Å². The number of hydrogen-bond donors (Lipinski definition) is 1. The number of rotatable bonds is 4. The SMILES string of the molecule is Cc1nn(C)c(Cl)c1COc1ccc(Br)cc1[C@@H](C)O. The molecule has 1 heterocycles. The second-order valence-electron chi connectivity index (χ2n) is 4.63. The Kier molecular flexibility index (Phi) is 4.73. The van der Waals surface area contributed by atoms with Crippen LogP contribution in [0.5, 0.6) is 5.75 Å². The molecule has 0 saturated carbocycles. The zero-order valence-electron chi connectivity index (χ0n) is 11.5. The minimum Gasteiger partial charge on any atom is -0.488 e. The molecule has 0 aliphatic rings. The maximum absolute atomic E-state index is 9.80. The zero-order valence-corrected chi connectivity index (χ0v) is 13.9. The van der Waals surface area contributed by atoms with Gasteiger partial charge in [0.15, 0.2) is 0 Å². The van der Waals surface area contributed by atoms with Crippen molar-refractivity contribution >= 4 is 27.5 Å². The average molecular weight is 360 g/mol. The Hall–Kier alpha value is -1.04. The van der Waals surface area contributed by atoms with Gasteiger partial charge in [-0.25, -0.2) is 0 Å². The molecule has 0 spiro atoms. The van der Waals surface area contributed by atoms with Gasteiger partial charge in [-0.15, -0.1) is 0 Å². The lowest BCUT2D eigenvalue weighted by atomic mass is 10.1. The molecule has 108 valence electrons. The molecule has 0 aliphatic carbocycles. The van der Waals surface area contributed by atoms with Crippen LogP contribution in [0.25, 0.3) is 0 Å². The van der Waals surface area contributed by atoms with Crippen molar-refractivity contribution in [2.45, 2.75) is 26.6 Å². The fraction of sp³-hybridized carbons (Fsp3) is 0.357. The summed E-state index contributed by atoms with van der Waals surface area (Å²) in [5.74, 6) is 0.641. The van der Waals surface area contributed by atoms with Crippen LogP contribution in [-0.4, -0.2) is 14.9 Å². The van der Waals surface area contributed by atoms with E-state index in [2.05, 4.69) is 21.0 Å². The van der Waals surface area contributed by atoms with Crippen LogP contribution in [0.2, 0.25) is 5.15 Å². The van der Waals surface area contributed by atoms with Crippen molar-refractivity contribution in [3.05, 3.63) is 44.6 Å². The summed E-state index contributed by atoms with van der Waals surface area (Å²) in [5.41, 5.74) is 2.43. The summed E-state index contributed by atoms with van der Waals surface area (Å²) in [6.07, 6.45) is -0.604. The van der Waals surface area contributed by atoms with Gasteiger partial charge in [-0.1, -0.05) is 27.5 Å². The highest BCUT2D eigenvalue weighted by atomic mass is 79.9. The van der Waals surface area contributed by atoms with Gasteiger partial charge in [0.05, 0.1) is 11.8 Å². The number of hydrogen-bond acceptors (Lipinski definition) is 3. The van der Waals surface area contributed by atoms with Crippen LogP contribution >= 0.6 is 27.5 Å². The van der Waals surface area contributed by atoms with Crippen LogP contribution < -0.4 is 4.74 Å². The Morgan fingerprint density at radius 1 is 1.50 bits per heavy atom. The van der Waals surface area contributed by atoms with E-state index in [9.17, 15) is 5.11 Å². The molecule has 1 atom stereocenters. The Labute approximate surface area is 131 Å². The molecule has 2 rings (SSSR count). The predicted octanol–water partition coefficient (Wildman–Crippen LogP) is 3.78. The number of aliphatic hydroxyl groups is 1. The quantitative estimate of drug-likeness (QED) is 0.904. The van der Waals surface area contributed by atoms with Crippen LogP contribution in [0.1, 0.15) is 29.8 Å². The van der Waals surface area contributed by atoms with Gasteiger partial charge in [-0.2, -0.15) is 5.10 Å². The van der Waals surface area contributed by atoms with Gasteiger partial charge in [0.2, 0.25) is 0 Å². The van der Waals surface area contributed by atoms with E-state index in [1.807, 2.05) is 25.1 Å². The van der Waals surface area contributed by atoms with Crippen molar-refractivity contribution in [1.29, 1.82) is 0 Å². The minimum absolute atomic E-state index is 0.319. The van der Waals surface area contributed by atoms with Crippen molar-refractivity contribution in [3.8, 4) is 5.75 Å². The van der Waals surface area contributed by atoms with E-state index in [0.717, 1.165) is 21.3 Å². The van der Waals surface area contributed by atoms with Gasteiger partial charge in [0.25, 0.3) is 0 Å².